The van der Waals surface area contributed by atoms with Gasteiger partial charge in [-0.3, -0.25) is 0 Å². The third-order valence-electron chi connectivity index (χ3n) is 2.23. The summed E-state index contributed by atoms with van der Waals surface area (Å²) in [5.74, 6) is 0.659. The van der Waals surface area contributed by atoms with Crippen molar-refractivity contribution in [3.05, 3.63) is 29.8 Å². The molecule has 1 aromatic rings. The third-order valence-corrected chi connectivity index (χ3v) is 2.23. The number of hydrogen-bond acceptors (Lipinski definition) is 1. The smallest absolute Gasteiger partial charge is 0.422 e. The predicted molar refractivity (Wildman–Crippen MR) is 48.8 cm³/mol. The summed E-state index contributed by atoms with van der Waals surface area (Å²) in [5, 5.41) is 0. The molecule has 0 unspecified atom stereocenters. The monoisotopic (exact) mass is 215 g/mol. The maximum absolute atomic E-state index is 12.0. The topological polar surface area (TPSA) is 9.23 Å². The van der Waals surface area contributed by atoms with Gasteiger partial charge in [-0.15, -0.1) is 0 Å². The van der Waals surface area contributed by atoms with Crippen molar-refractivity contribution in [2.24, 2.45) is 0 Å². The van der Waals surface area contributed by atoms with Gasteiger partial charge in [-0.1, -0.05) is 12.1 Å². The Labute approximate surface area is 85.9 Å². The molecule has 0 saturated heterocycles. The molecule has 1 aliphatic rings. The van der Waals surface area contributed by atoms with Crippen LogP contribution < -0.4 is 4.74 Å². The van der Waals surface area contributed by atoms with E-state index in [0.29, 0.717) is 11.7 Å². The second-order valence-electron chi connectivity index (χ2n) is 3.63. The van der Waals surface area contributed by atoms with E-state index in [1.165, 1.54) is 0 Å². The lowest BCUT2D eigenvalue weighted by Gasteiger charge is -2.12. The van der Waals surface area contributed by atoms with Crippen LogP contribution in [-0.2, 0) is 0 Å². The fourth-order valence-electron chi connectivity index (χ4n) is 1.41. The Kier molecular flexibility index (Phi) is 2.59. The number of benzene rings is 1. The van der Waals surface area contributed by atoms with E-state index in [4.69, 9.17) is 4.74 Å². The summed E-state index contributed by atoms with van der Waals surface area (Å²) >= 11 is 0. The quantitative estimate of drug-likeness (QED) is 0.751. The van der Waals surface area contributed by atoms with Crippen LogP contribution >= 0.6 is 0 Å². The van der Waals surface area contributed by atoms with Crippen molar-refractivity contribution < 1.29 is 17.9 Å². The second-order valence-corrected chi connectivity index (χ2v) is 3.63. The Morgan fingerprint density at radius 1 is 1.40 bits per heavy atom. The van der Waals surface area contributed by atoms with Crippen molar-refractivity contribution in [1.82, 2.24) is 0 Å². The third kappa shape index (κ3) is 2.88. The number of halogens is 3. The maximum Gasteiger partial charge on any atom is 0.422 e. The van der Waals surface area contributed by atoms with Crippen LogP contribution in [0.2, 0.25) is 0 Å². The molecular formula is C11H10F3O. The van der Waals surface area contributed by atoms with Crippen LogP contribution in [0.3, 0.4) is 0 Å². The van der Waals surface area contributed by atoms with Gasteiger partial charge in [-0.25, -0.2) is 0 Å². The second kappa shape index (κ2) is 3.76. The van der Waals surface area contributed by atoms with E-state index >= 15 is 0 Å². The van der Waals surface area contributed by atoms with Crippen molar-refractivity contribution in [1.29, 1.82) is 0 Å². The van der Waals surface area contributed by atoms with Gasteiger partial charge in [-0.2, -0.15) is 13.2 Å². The van der Waals surface area contributed by atoms with Gasteiger partial charge < -0.3 is 4.74 Å². The molecule has 0 aromatic heterocycles. The molecule has 4 heteroatoms. The van der Waals surface area contributed by atoms with E-state index in [-0.39, 0.29) is 0 Å². The lowest BCUT2D eigenvalue weighted by Crippen LogP contribution is -2.19. The van der Waals surface area contributed by atoms with E-state index in [2.05, 4.69) is 6.07 Å². The Morgan fingerprint density at radius 3 is 2.73 bits per heavy atom. The summed E-state index contributed by atoms with van der Waals surface area (Å²) in [6.07, 6.45) is -2.25. The number of alkyl halides is 3. The first-order valence-corrected chi connectivity index (χ1v) is 4.76. The van der Waals surface area contributed by atoms with Crippen LogP contribution in [0.25, 0.3) is 0 Å². The van der Waals surface area contributed by atoms with Crippen LogP contribution in [0.5, 0.6) is 5.75 Å². The number of hydrogen-bond donors (Lipinski definition) is 0. The minimum atomic E-state index is -4.28. The minimum Gasteiger partial charge on any atom is -0.484 e. The normalized spacial score (nSPS) is 16.5. The van der Waals surface area contributed by atoms with Crippen LogP contribution in [0.4, 0.5) is 13.2 Å². The first kappa shape index (κ1) is 10.3. The fraction of sp³-hybridized carbons (Fsp3) is 0.455. The van der Waals surface area contributed by atoms with Gasteiger partial charge in [0.25, 0.3) is 0 Å². The lowest BCUT2D eigenvalue weighted by molar-refractivity contribution is -0.153. The first-order valence-electron chi connectivity index (χ1n) is 4.76. The van der Waals surface area contributed by atoms with Gasteiger partial charge in [0.2, 0.25) is 0 Å². The highest BCUT2D eigenvalue weighted by Gasteiger charge is 2.31. The molecule has 0 N–H and O–H groups in total. The molecule has 0 spiro atoms. The molecule has 1 saturated carbocycles. The van der Waals surface area contributed by atoms with Crippen LogP contribution in [0, 0.1) is 6.07 Å². The molecule has 0 bridgehead atoms. The summed E-state index contributed by atoms with van der Waals surface area (Å²) in [6.45, 7) is -1.23. The molecule has 1 aromatic carbocycles. The van der Waals surface area contributed by atoms with E-state index in [9.17, 15) is 13.2 Å². The number of rotatable bonds is 3. The van der Waals surface area contributed by atoms with Crippen molar-refractivity contribution in [2.45, 2.75) is 24.9 Å². The highest BCUT2D eigenvalue weighted by molar-refractivity contribution is 5.37. The molecule has 15 heavy (non-hydrogen) atoms. The molecule has 1 aliphatic carbocycles. The summed E-state index contributed by atoms with van der Waals surface area (Å²) in [4.78, 5) is 0. The molecule has 2 rings (SSSR count). The maximum atomic E-state index is 12.0. The molecule has 81 valence electrons. The molecule has 0 atom stereocenters. The van der Waals surface area contributed by atoms with Gasteiger partial charge in [0, 0.05) is 5.56 Å². The van der Waals surface area contributed by atoms with Gasteiger partial charge in [0.15, 0.2) is 6.61 Å². The Morgan fingerprint density at radius 2 is 2.13 bits per heavy atom. The number of ether oxygens (including phenoxy) is 1. The Bertz CT molecular complexity index is 342. The molecule has 0 aliphatic heterocycles. The van der Waals surface area contributed by atoms with Crippen LogP contribution in [-0.4, -0.2) is 12.8 Å². The van der Waals surface area contributed by atoms with Gasteiger partial charge >= 0.3 is 6.18 Å². The van der Waals surface area contributed by atoms with Crippen molar-refractivity contribution in [2.75, 3.05) is 6.61 Å². The first-order chi connectivity index (χ1) is 7.06. The minimum absolute atomic E-state index is 0.317. The summed E-state index contributed by atoms with van der Waals surface area (Å²) in [6, 6.07) is 7.85. The van der Waals surface area contributed by atoms with Crippen molar-refractivity contribution >= 4 is 0 Å². The van der Waals surface area contributed by atoms with E-state index in [1.807, 2.05) is 0 Å². The van der Waals surface area contributed by atoms with Crippen LogP contribution in [0.15, 0.2) is 18.2 Å². The summed E-state index contributed by atoms with van der Waals surface area (Å²) in [5.41, 5.74) is 0.779. The SMILES string of the molecule is FC(F)(F)COc1ccc[c]c1C1CC1. The van der Waals surface area contributed by atoms with E-state index < -0.39 is 12.8 Å². The highest BCUT2D eigenvalue weighted by atomic mass is 19.4. The summed E-state index contributed by atoms with van der Waals surface area (Å²) < 4.78 is 40.6. The van der Waals surface area contributed by atoms with Crippen molar-refractivity contribution in [3.63, 3.8) is 0 Å². The average Bonchev–Trinajstić information content (AvgIpc) is 2.97. The molecular weight excluding hydrogens is 205 g/mol. The molecule has 1 fully saturated rings. The van der Waals surface area contributed by atoms with Gasteiger partial charge in [-0.05, 0) is 30.9 Å². The highest BCUT2D eigenvalue weighted by Crippen LogP contribution is 2.44. The standard InChI is InChI=1S/C11H10F3O/c12-11(13,14)7-15-10-4-2-1-3-9(10)8-5-6-8/h1-2,4,8H,5-7H2. The molecule has 1 radical (unpaired) electrons. The largest absolute Gasteiger partial charge is 0.484 e. The fourth-order valence-corrected chi connectivity index (χ4v) is 1.41. The zero-order valence-corrected chi connectivity index (χ0v) is 7.97. The van der Waals surface area contributed by atoms with E-state index in [1.54, 1.807) is 18.2 Å². The lowest BCUT2D eigenvalue weighted by atomic mass is 10.1. The van der Waals surface area contributed by atoms with E-state index in [0.717, 1.165) is 18.4 Å². The van der Waals surface area contributed by atoms with Crippen molar-refractivity contribution in [3.8, 4) is 5.75 Å². The average molecular weight is 215 g/mol. The summed E-state index contributed by atoms with van der Waals surface area (Å²) in [7, 11) is 0. The predicted octanol–water partition coefficient (Wildman–Crippen LogP) is 3.31. The zero-order chi connectivity index (χ0) is 10.9. The molecule has 1 nitrogen and oxygen atoms in total. The zero-order valence-electron chi connectivity index (χ0n) is 7.97. The molecule has 0 amide bonds. The Hall–Kier alpha value is -1.19. The van der Waals surface area contributed by atoms with Gasteiger partial charge in [0.1, 0.15) is 5.75 Å². The molecule has 0 heterocycles. The van der Waals surface area contributed by atoms with Crippen LogP contribution in [0.1, 0.15) is 24.3 Å². The Balaban J connectivity index is 2.06. The van der Waals surface area contributed by atoms with Gasteiger partial charge in [0.05, 0.1) is 0 Å².